The summed E-state index contributed by atoms with van der Waals surface area (Å²) in [6, 6.07) is 6.08. The van der Waals surface area contributed by atoms with Gasteiger partial charge in [-0.15, -0.1) is 0 Å². The average Bonchev–Trinajstić information content (AvgIpc) is 2.46. The summed E-state index contributed by atoms with van der Waals surface area (Å²) in [5, 5.41) is 10.6. The summed E-state index contributed by atoms with van der Waals surface area (Å²) in [6.45, 7) is 8.68. The number of non-ortho nitro benzene ring substituents is 1. The maximum atomic E-state index is 10.6. The van der Waals surface area contributed by atoms with Crippen LogP contribution in [0.1, 0.15) is 40.5 Å². The van der Waals surface area contributed by atoms with Crippen molar-refractivity contribution in [2.24, 2.45) is 5.41 Å². The Bertz CT molecular complexity index is 583. The fourth-order valence-electron chi connectivity index (χ4n) is 1.56. The van der Waals surface area contributed by atoms with Crippen molar-refractivity contribution in [1.82, 2.24) is 0 Å². The summed E-state index contributed by atoms with van der Waals surface area (Å²) >= 11 is 0. The second-order valence-corrected chi connectivity index (χ2v) is 6.06. The predicted octanol–water partition coefficient (Wildman–Crippen LogP) is 4.75. The maximum Gasteiger partial charge on any atom is 0.269 e. The summed E-state index contributed by atoms with van der Waals surface area (Å²) in [4.78, 5) is 10.2. The molecule has 22 heavy (non-hydrogen) atoms. The van der Waals surface area contributed by atoms with Gasteiger partial charge in [0.05, 0.1) is 4.92 Å². The smallest absolute Gasteiger partial charge is 0.269 e. The summed E-state index contributed by atoms with van der Waals surface area (Å²) < 4.78 is 5.67. The van der Waals surface area contributed by atoms with Crippen molar-refractivity contribution >= 4 is 5.69 Å². The summed E-state index contributed by atoms with van der Waals surface area (Å²) in [5.74, 6) is 6.98. The normalized spacial score (nSPS) is 11.5. The number of unbranched alkanes of at least 4 members (excludes halogenated alkanes) is 1. The van der Waals surface area contributed by atoms with Gasteiger partial charge in [0.2, 0.25) is 0 Å². The standard InChI is InChI=1S/C18H23NO3/c1-5-6-7-15(12-13-18(2,3)4)14-22-17-10-8-16(9-11-17)19(20)21/h7-11H,5-6,14H2,1-4H3/b15-7-. The van der Waals surface area contributed by atoms with Crippen LogP contribution in [0.25, 0.3) is 0 Å². The van der Waals surface area contributed by atoms with Crippen LogP contribution >= 0.6 is 0 Å². The Balaban J connectivity index is 2.74. The SMILES string of the molecule is CCC/C=C(/C#CC(C)(C)C)COc1ccc([N+](=O)[O-])cc1. The molecule has 0 aliphatic carbocycles. The number of rotatable bonds is 6. The highest BCUT2D eigenvalue weighted by atomic mass is 16.6. The minimum absolute atomic E-state index is 0.0569. The molecule has 0 N–H and O–H groups in total. The second kappa shape index (κ2) is 8.23. The largest absolute Gasteiger partial charge is 0.488 e. The van der Waals surface area contributed by atoms with Crippen molar-refractivity contribution in [3.63, 3.8) is 0 Å². The molecule has 0 heterocycles. The molecule has 1 rings (SSSR count). The minimum atomic E-state index is -0.425. The molecule has 0 radical (unpaired) electrons. The van der Waals surface area contributed by atoms with E-state index in [1.54, 1.807) is 12.1 Å². The number of nitro groups is 1. The molecule has 0 atom stereocenters. The van der Waals surface area contributed by atoms with Crippen LogP contribution in [-0.4, -0.2) is 11.5 Å². The number of nitrogens with zero attached hydrogens (tertiary/aromatic N) is 1. The van der Waals surface area contributed by atoms with E-state index in [4.69, 9.17) is 4.74 Å². The Morgan fingerprint density at radius 1 is 1.32 bits per heavy atom. The third kappa shape index (κ3) is 6.94. The van der Waals surface area contributed by atoms with Crippen LogP contribution in [-0.2, 0) is 0 Å². The van der Waals surface area contributed by atoms with Gasteiger partial charge in [0, 0.05) is 23.1 Å². The second-order valence-electron chi connectivity index (χ2n) is 6.06. The molecule has 0 spiro atoms. The zero-order valence-electron chi connectivity index (χ0n) is 13.7. The third-order valence-corrected chi connectivity index (χ3v) is 2.72. The van der Waals surface area contributed by atoms with Gasteiger partial charge in [0.25, 0.3) is 5.69 Å². The molecule has 0 unspecified atom stereocenters. The van der Waals surface area contributed by atoms with E-state index in [0.29, 0.717) is 12.4 Å². The van der Waals surface area contributed by atoms with Crippen LogP contribution < -0.4 is 4.74 Å². The molecule has 1 aromatic rings. The zero-order valence-corrected chi connectivity index (χ0v) is 13.7. The third-order valence-electron chi connectivity index (χ3n) is 2.72. The van der Waals surface area contributed by atoms with E-state index >= 15 is 0 Å². The number of hydrogen-bond donors (Lipinski definition) is 0. The first-order valence-corrected chi connectivity index (χ1v) is 7.41. The van der Waals surface area contributed by atoms with Gasteiger partial charge in [-0.1, -0.05) is 31.3 Å². The monoisotopic (exact) mass is 301 g/mol. The number of nitro benzene ring substituents is 1. The zero-order chi connectivity index (χ0) is 16.6. The van der Waals surface area contributed by atoms with Crippen LogP contribution in [0.3, 0.4) is 0 Å². The Kier molecular flexibility index (Phi) is 6.65. The number of ether oxygens (including phenoxy) is 1. The lowest BCUT2D eigenvalue weighted by Crippen LogP contribution is -2.03. The van der Waals surface area contributed by atoms with Gasteiger partial charge in [-0.3, -0.25) is 10.1 Å². The molecule has 0 bridgehead atoms. The van der Waals surface area contributed by atoms with E-state index < -0.39 is 4.92 Å². The summed E-state index contributed by atoms with van der Waals surface area (Å²) in [5.41, 5.74) is 0.940. The van der Waals surface area contributed by atoms with Gasteiger partial charge in [-0.2, -0.15) is 0 Å². The Morgan fingerprint density at radius 2 is 1.95 bits per heavy atom. The fraction of sp³-hybridized carbons (Fsp3) is 0.444. The van der Waals surface area contributed by atoms with E-state index in [9.17, 15) is 10.1 Å². The Labute approximate surface area is 132 Å². The molecule has 4 heteroatoms. The Morgan fingerprint density at radius 3 is 2.45 bits per heavy atom. The predicted molar refractivity (Wildman–Crippen MR) is 88.8 cm³/mol. The molecule has 0 saturated carbocycles. The maximum absolute atomic E-state index is 10.6. The lowest BCUT2D eigenvalue weighted by atomic mass is 9.97. The molecule has 118 valence electrons. The van der Waals surface area contributed by atoms with Gasteiger partial charge in [-0.25, -0.2) is 0 Å². The van der Waals surface area contributed by atoms with E-state index in [-0.39, 0.29) is 11.1 Å². The van der Waals surface area contributed by atoms with E-state index in [0.717, 1.165) is 18.4 Å². The summed E-state index contributed by atoms with van der Waals surface area (Å²) in [6.07, 6.45) is 4.10. The fourth-order valence-corrected chi connectivity index (χ4v) is 1.56. The van der Waals surface area contributed by atoms with Crippen molar-refractivity contribution in [2.45, 2.75) is 40.5 Å². The molecule has 0 fully saturated rings. The lowest BCUT2D eigenvalue weighted by Gasteiger charge is -2.09. The van der Waals surface area contributed by atoms with Gasteiger partial charge < -0.3 is 4.74 Å². The lowest BCUT2D eigenvalue weighted by molar-refractivity contribution is -0.384. The molecule has 4 nitrogen and oxygen atoms in total. The Hall–Kier alpha value is -2.28. The molecule has 0 aliphatic heterocycles. The van der Waals surface area contributed by atoms with Crippen LogP contribution in [0.4, 0.5) is 5.69 Å². The van der Waals surface area contributed by atoms with Crippen molar-refractivity contribution in [1.29, 1.82) is 0 Å². The van der Waals surface area contributed by atoms with Crippen LogP contribution in [0.5, 0.6) is 5.75 Å². The highest BCUT2D eigenvalue weighted by Crippen LogP contribution is 2.18. The van der Waals surface area contributed by atoms with Gasteiger partial charge >= 0.3 is 0 Å². The van der Waals surface area contributed by atoms with Gasteiger partial charge in [-0.05, 0) is 39.3 Å². The molecule has 0 aromatic heterocycles. The minimum Gasteiger partial charge on any atom is -0.488 e. The van der Waals surface area contributed by atoms with Crippen LogP contribution in [0.2, 0.25) is 0 Å². The molecular formula is C18H23NO3. The topological polar surface area (TPSA) is 52.4 Å². The van der Waals surface area contributed by atoms with Crippen molar-refractivity contribution in [3.8, 4) is 17.6 Å². The molecule has 0 amide bonds. The van der Waals surface area contributed by atoms with Crippen molar-refractivity contribution in [2.75, 3.05) is 6.61 Å². The van der Waals surface area contributed by atoms with E-state index in [1.165, 1.54) is 12.1 Å². The van der Waals surface area contributed by atoms with Gasteiger partial charge in [0.15, 0.2) is 0 Å². The summed E-state index contributed by atoms with van der Waals surface area (Å²) in [7, 11) is 0. The van der Waals surface area contributed by atoms with E-state index in [1.807, 2.05) is 0 Å². The van der Waals surface area contributed by atoms with Crippen molar-refractivity contribution < 1.29 is 9.66 Å². The first-order chi connectivity index (χ1) is 10.3. The highest BCUT2D eigenvalue weighted by molar-refractivity contribution is 5.37. The first kappa shape index (κ1) is 17.8. The van der Waals surface area contributed by atoms with Crippen LogP contribution in [0, 0.1) is 27.4 Å². The number of allylic oxidation sites excluding steroid dienone is 1. The number of benzene rings is 1. The average molecular weight is 301 g/mol. The van der Waals surface area contributed by atoms with E-state index in [2.05, 4.69) is 45.6 Å². The number of hydrogen-bond acceptors (Lipinski definition) is 3. The highest BCUT2D eigenvalue weighted by Gasteiger charge is 2.06. The molecular weight excluding hydrogens is 278 g/mol. The quantitative estimate of drug-likeness (QED) is 0.433. The molecule has 0 saturated heterocycles. The first-order valence-electron chi connectivity index (χ1n) is 7.41. The molecule has 0 aliphatic rings. The molecule has 1 aromatic carbocycles. The van der Waals surface area contributed by atoms with Crippen LogP contribution in [0.15, 0.2) is 35.9 Å². The van der Waals surface area contributed by atoms with Gasteiger partial charge in [0.1, 0.15) is 12.4 Å². The van der Waals surface area contributed by atoms with Crippen molar-refractivity contribution in [3.05, 3.63) is 46.0 Å².